The molecular weight excluding hydrogens is 279 g/mol. The van der Waals surface area contributed by atoms with Crippen molar-refractivity contribution in [2.45, 2.75) is 19.0 Å². The van der Waals surface area contributed by atoms with E-state index in [4.69, 9.17) is 5.73 Å². The van der Waals surface area contributed by atoms with Gasteiger partial charge in [-0.25, -0.2) is 9.07 Å². The van der Waals surface area contributed by atoms with E-state index in [2.05, 4.69) is 10.00 Å². The third kappa shape index (κ3) is 3.17. The summed E-state index contributed by atoms with van der Waals surface area (Å²) in [6, 6.07) is 8.65. The van der Waals surface area contributed by atoms with E-state index in [0.29, 0.717) is 0 Å². The van der Waals surface area contributed by atoms with Crippen molar-refractivity contribution in [1.82, 2.24) is 14.7 Å². The van der Waals surface area contributed by atoms with Gasteiger partial charge in [-0.3, -0.25) is 4.90 Å². The van der Waals surface area contributed by atoms with Crippen LogP contribution < -0.4 is 5.73 Å². The fourth-order valence-electron chi connectivity index (χ4n) is 2.50. The Morgan fingerprint density at radius 2 is 2.00 bits per heavy atom. The summed E-state index contributed by atoms with van der Waals surface area (Å²) in [6.07, 6.45) is 2.82. The van der Waals surface area contributed by atoms with Gasteiger partial charge in [-0.05, 0) is 36.8 Å². The summed E-state index contributed by atoms with van der Waals surface area (Å²) < 4.78 is 14.8. The average Bonchev–Trinajstić information content (AvgIpc) is 3.00. The quantitative estimate of drug-likeness (QED) is 0.942. The molecule has 0 amide bonds. The van der Waals surface area contributed by atoms with Crippen LogP contribution in [0.3, 0.4) is 0 Å². The lowest BCUT2D eigenvalue weighted by atomic mass is 10.3. The number of benzene rings is 1. The highest BCUT2D eigenvalue weighted by molar-refractivity contribution is 5.85. The van der Waals surface area contributed by atoms with Crippen LogP contribution in [-0.2, 0) is 6.54 Å². The van der Waals surface area contributed by atoms with Crippen molar-refractivity contribution in [1.29, 1.82) is 0 Å². The van der Waals surface area contributed by atoms with Gasteiger partial charge in [0.1, 0.15) is 5.82 Å². The van der Waals surface area contributed by atoms with E-state index in [1.165, 1.54) is 12.1 Å². The maximum atomic E-state index is 12.9. The number of aromatic nitrogens is 2. The Morgan fingerprint density at radius 1 is 1.25 bits per heavy atom. The van der Waals surface area contributed by atoms with Crippen LogP contribution in [-0.4, -0.2) is 33.8 Å². The summed E-state index contributed by atoms with van der Waals surface area (Å²) >= 11 is 0. The molecule has 1 aliphatic heterocycles. The maximum Gasteiger partial charge on any atom is 0.123 e. The third-order valence-corrected chi connectivity index (χ3v) is 3.49. The fraction of sp³-hybridized carbons (Fsp3) is 0.357. The number of nitrogens with two attached hydrogens (primary N) is 1. The molecule has 1 atom stereocenters. The van der Waals surface area contributed by atoms with Crippen molar-refractivity contribution in [3.63, 3.8) is 0 Å². The molecule has 2 heterocycles. The molecule has 1 aromatic carbocycles. The van der Waals surface area contributed by atoms with Crippen molar-refractivity contribution in [2.75, 3.05) is 13.1 Å². The Balaban J connectivity index is 0.00000147. The van der Waals surface area contributed by atoms with E-state index in [-0.39, 0.29) is 24.3 Å². The normalized spacial score (nSPS) is 19.0. The second-order valence-electron chi connectivity index (χ2n) is 4.99. The van der Waals surface area contributed by atoms with E-state index in [0.717, 1.165) is 37.4 Å². The number of likely N-dealkylation sites (tertiary alicyclic amines) is 1. The minimum Gasteiger partial charge on any atom is -0.326 e. The number of rotatable bonds is 3. The van der Waals surface area contributed by atoms with Gasteiger partial charge in [-0.1, -0.05) is 0 Å². The molecule has 1 fully saturated rings. The minimum absolute atomic E-state index is 0. The number of hydrogen-bond acceptors (Lipinski definition) is 3. The predicted octanol–water partition coefficient (Wildman–Crippen LogP) is 1.97. The molecule has 1 aromatic heterocycles. The number of halogens is 2. The molecule has 4 nitrogen and oxygen atoms in total. The Kier molecular flexibility index (Phi) is 4.75. The summed E-state index contributed by atoms with van der Waals surface area (Å²) in [5.74, 6) is -0.233. The lowest BCUT2D eigenvalue weighted by molar-refractivity contribution is 0.319. The molecule has 2 aromatic rings. The second-order valence-corrected chi connectivity index (χ2v) is 4.99. The lowest BCUT2D eigenvalue weighted by Gasteiger charge is -2.16. The molecule has 0 radical (unpaired) electrons. The SMILES string of the molecule is Cl.N[C@@H]1CCN(Cc2ccnn2-c2ccc(F)cc2)C1. The molecule has 0 bridgehead atoms. The molecule has 20 heavy (non-hydrogen) atoms. The smallest absolute Gasteiger partial charge is 0.123 e. The Bertz CT molecular complexity index is 555. The van der Waals surface area contributed by atoms with Crippen molar-refractivity contribution in [2.24, 2.45) is 5.73 Å². The molecule has 0 aliphatic carbocycles. The molecule has 6 heteroatoms. The summed E-state index contributed by atoms with van der Waals surface area (Å²) in [5, 5.41) is 4.31. The van der Waals surface area contributed by atoms with E-state index in [1.807, 2.05) is 10.7 Å². The zero-order valence-corrected chi connectivity index (χ0v) is 11.9. The highest BCUT2D eigenvalue weighted by atomic mass is 35.5. The molecule has 3 rings (SSSR count). The van der Waals surface area contributed by atoms with Crippen LogP contribution in [0.15, 0.2) is 36.5 Å². The van der Waals surface area contributed by atoms with Gasteiger partial charge in [0, 0.05) is 31.9 Å². The monoisotopic (exact) mass is 296 g/mol. The zero-order valence-electron chi connectivity index (χ0n) is 11.1. The highest BCUT2D eigenvalue weighted by Gasteiger charge is 2.20. The summed E-state index contributed by atoms with van der Waals surface area (Å²) in [7, 11) is 0. The van der Waals surface area contributed by atoms with E-state index < -0.39 is 0 Å². The van der Waals surface area contributed by atoms with Crippen LogP contribution in [0, 0.1) is 5.82 Å². The minimum atomic E-state index is -0.233. The molecule has 0 saturated carbocycles. The first kappa shape index (κ1) is 15.0. The van der Waals surface area contributed by atoms with Crippen LogP contribution in [0.4, 0.5) is 4.39 Å². The molecule has 0 spiro atoms. The highest BCUT2D eigenvalue weighted by Crippen LogP contribution is 2.16. The van der Waals surface area contributed by atoms with E-state index >= 15 is 0 Å². The second kappa shape index (κ2) is 6.35. The molecule has 1 saturated heterocycles. The summed E-state index contributed by atoms with van der Waals surface area (Å²) in [4.78, 5) is 2.32. The van der Waals surface area contributed by atoms with Gasteiger partial charge in [0.15, 0.2) is 0 Å². The van der Waals surface area contributed by atoms with Gasteiger partial charge < -0.3 is 5.73 Å². The van der Waals surface area contributed by atoms with Crippen molar-refractivity contribution >= 4 is 12.4 Å². The number of hydrogen-bond donors (Lipinski definition) is 1. The van der Waals surface area contributed by atoms with Crippen molar-refractivity contribution in [3.05, 3.63) is 48.0 Å². The first-order valence-electron chi connectivity index (χ1n) is 6.49. The van der Waals surface area contributed by atoms with Crippen LogP contribution in [0.1, 0.15) is 12.1 Å². The molecule has 0 unspecified atom stereocenters. The van der Waals surface area contributed by atoms with Crippen LogP contribution in [0.2, 0.25) is 0 Å². The molecular formula is C14H18ClFN4. The van der Waals surface area contributed by atoms with Gasteiger partial charge in [-0.2, -0.15) is 5.10 Å². The zero-order chi connectivity index (χ0) is 13.2. The van der Waals surface area contributed by atoms with Crippen molar-refractivity contribution in [3.8, 4) is 5.69 Å². The lowest BCUT2D eigenvalue weighted by Crippen LogP contribution is -2.27. The number of nitrogens with zero attached hydrogens (tertiary/aromatic N) is 3. The van der Waals surface area contributed by atoms with Gasteiger partial charge >= 0.3 is 0 Å². The first-order chi connectivity index (χ1) is 9.22. The maximum absolute atomic E-state index is 12.9. The van der Waals surface area contributed by atoms with Crippen LogP contribution >= 0.6 is 12.4 Å². The first-order valence-corrected chi connectivity index (χ1v) is 6.49. The van der Waals surface area contributed by atoms with Gasteiger partial charge in [-0.15, -0.1) is 12.4 Å². The predicted molar refractivity (Wildman–Crippen MR) is 78.6 cm³/mol. The van der Waals surface area contributed by atoms with Gasteiger partial charge in [0.2, 0.25) is 0 Å². The molecule has 1 aliphatic rings. The Morgan fingerprint density at radius 3 is 2.65 bits per heavy atom. The van der Waals surface area contributed by atoms with Crippen molar-refractivity contribution < 1.29 is 4.39 Å². The summed E-state index contributed by atoms with van der Waals surface area (Å²) in [5.41, 5.74) is 7.89. The average molecular weight is 297 g/mol. The molecule has 2 N–H and O–H groups in total. The van der Waals surface area contributed by atoms with Gasteiger partial charge in [0.05, 0.1) is 11.4 Å². The van der Waals surface area contributed by atoms with E-state index in [1.54, 1.807) is 18.3 Å². The topological polar surface area (TPSA) is 47.1 Å². The fourth-order valence-corrected chi connectivity index (χ4v) is 2.50. The van der Waals surface area contributed by atoms with E-state index in [9.17, 15) is 4.39 Å². The van der Waals surface area contributed by atoms with Gasteiger partial charge in [0.25, 0.3) is 0 Å². The Labute approximate surface area is 123 Å². The standard InChI is InChI=1S/C14H17FN4.ClH/c15-11-1-3-13(4-2-11)19-14(5-7-17-19)10-18-8-6-12(16)9-18;/h1-5,7,12H,6,8-10,16H2;1H/t12-;/m1./s1. The van der Waals surface area contributed by atoms with Crippen LogP contribution in [0.25, 0.3) is 5.69 Å². The third-order valence-electron chi connectivity index (χ3n) is 3.49. The largest absolute Gasteiger partial charge is 0.326 e. The molecule has 108 valence electrons. The van der Waals surface area contributed by atoms with Crippen LogP contribution in [0.5, 0.6) is 0 Å². The Hall–Kier alpha value is -1.43. The summed E-state index contributed by atoms with van der Waals surface area (Å²) in [6.45, 7) is 2.77.